The standard InChI is InChI=1S/C13H17ClO2/c1-9(2)6-7-16-13-5-4-11(14)8-12(13)10(3)15/h4-6,8,10,15H,7H2,1-3H3. The van der Waals surface area contributed by atoms with Crippen molar-refractivity contribution < 1.29 is 9.84 Å². The van der Waals surface area contributed by atoms with Crippen LogP contribution < -0.4 is 4.74 Å². The summed E-state index contributed by atoms with van der Waals surface area (Å²) in [6.07, 6.45) is 1.40. The van der Waals surface area contributed by atoms with Gasteiger partial charge >= 0.3 is 0 Å². The molecule has 0 heterocycles. The first-order valence-corrected chi connectivity index (χ1v) is 5.62. The second-order valence-electron chi connectivity index (χ2n) is 3.95. The summed E-state index contributed by atoms with van der Waals surface area (Å²) in [5.74, 6) is 0.678. The predicted molar refractivity (Wildman–Crippen MR) is 67.0 cm³/mol. The number of hydrogen-bond donors (Lipinski definition) is 1. The van der Waals surface area contributed by atoms with Crippen LogP contribution in [0.2, 0.25) is 5.02 Å². The van der Waals surface area contributed by atoms with Gasteiger partial charge in [0.1, 0.15) is 12.4 Å². The Kier molecular flexibility index (Phi) is 4.84. The number of benzene rings is 1. The average molecular weight is 241 g/mol. The maximum atomic E-state index is 9.58. The third-order valence-electron chi connectivity index (χ3n) is 2.15. The van der Waals surface area contributed by atoms with Gasteiger partial charge in [0.2, 0.25) is 0 Å². The molecule has 0 aliphatic carbocycles. The molecule has 16 heavy (non-hydrogen) atoms. The molecule has 2 nitrogen and oxygen atoms in total. The highest BCUT2D eigenvalue weighted by Crippen LogP contribution is 2.28. The monoisotopic (exact) mass is 240 g/mol. The molecule has 1 atom stereocenters. The minimum Gasteiger partial charge on any atom is -0.489 e. The summed E-state index contributed by atoms with van der Waals surface area (Å²) in [4.78, 5) is 0. The van der Waals surface area contributed by atoms with E-state index >= 15 is 0 Å². The van der Waals surface area contributed by atoms with E-state index in [1.165, 1.54) is 5.57 Å². The fourth-order valence-electron chi connectivity index (χ4n) is 1.28. The van der Waals surface area contributed by atoms with Crippen LogP contribution in [0.5, 0.6) is 5.75 Å². The van der Waals surface area contributed by atoms with Gasteiger partial charge in [0, 0.05) is 10.6 Å². The smallest absolute Gasteiger partial charge is 0.125 e. The zero-order valence-corrected chi connectivity index (χ0v) is 10.6. The number of rotatable bonds is 4. The van der Waals surface area contributed by atoms with E-state index < -0.39 is 6.10 Å². The number of allylic oxidation sites excluding steroid dienone is 1. The minimum atomic E-state index is -0.583. The van der Waals surface area contributed by atoms with Crippen LogP contribution in [-0.4, -0.2) is 11.7 Å². The van der Waals surface area contributed by atoms with Gasteiger partial charge in [-0.3, -0.25) is 0 Å². The molecule has 1 N–H and O–H groups in total. The molecule has 0 amide bonds. The Labute approximate surface area is 102 Å². The molecular weight excluding hydrogens is 224 g/mol. The van der Waals surface area contributed by atoms with Gasteiger partial charge in [-0.1, -0.05) is 17.2 Å². The lowest BCUT2D eigenvalue weighted by atomic mass is 10.1. The molecular formula is C13H17ClO2. The van der Waals surface area contributed by atoms with Gasteiger partial charge in [0.25, 0.3) is 0 Å². The lowest BCUT2D eigenvalue weighted by Gasteiger charge is -2.12. The number of hydrogen-bond acceptors (Lipinski definition) is 2. The number of ether oxygens (including phenoxy) is 1. The van der Waals surface area contributed by atoms with Gasteiger partial charge < -0.3 is 9.84 Å². The molecule has 0 aliphatic rings. The van der Waals surface area contributed by atoms with E-state index in [-0.39, 0.29) is 0 Å². The molecule has 0 aliphatic heterocycles. The molecule has 0 fully saturated rings. The molecule has 1 aromatic carbocycles. The van der Waals surface area contributed by atoms with Crippen LogP contribution in [-0.2, 0) is 0 Å². The molecule has 1 aromatic rings. The highest BCUT2D eigenvalue weighted by Gasteiger charge is 2.09. The van der Waals surface area contributed by atoms with Crippen molar-refractivity contribution in [3.8, 4) is 5.75 Å². The number of halogens is 1. The Bertz CT molecular complexity index is 380. The summed E-state index contributed by atoms with van der Waals surface area (Å²) >= 11 is 5.87. The Morgan fingerprint density at radius 2 is 2.19 bits per heavy atom. The van der Waals surface area contributed by atoms with Crippen LogP contribution in [0.4, 0.5) is 0 Å². The summed E-state index contributed by atoms with van der Waals surface area (Å²) in [6, 6.07) is 5.26. The van der Waals surface area contributed by atoms with Crippen LogP contribution in [0, 0.1) is 0 Å². The topological polar surface area (TPSA) is 29.5 Å². The van der Waals surface area contributed by atoms with Gasteiger partial charge in [-0.25, -0.2) is 0 Å². The van der Waals surface area contributed by atoms with Crippen molar-refractivity contribution in [2.24, 2.45) is 0 Å². The maximum Gasteiger partial charge on any atom is 0.125 e. The lowest BCUT2D eigenvalue weighted by molar-refractivity contribution is 0.193. The summed E-state index contributed by atoms with van der Waals surface area (Å²) in [5, 5.41) is 10.2. The zero-order valence-electron chi connectivity index (χ0n) is 9.83. The van der Waals surface area contributed by atoms with Crippen molar-refractivity contribution in [1.29, 1.82) is 0 Å². The van der Waals surface area contributed by atoms with E-state index in [1.807, 2.05) is 19.9 Å². The molecule has 1 unspecified atom stereocenters. The van der Waals surface area contributed by atoms with Crippen molar-refractivity contribution in [3.63, 3.8) is 0 Å². The first-order chi connectivity index (χ1) is 7.50. The van der Waals surface area contributed by atoms with Gasteiger partial charge in [-0.05, 0) is 45.0 Å². The quantitative estimate of drug-likeness (QED) is 0.813. The third-order valence-corrected chi connectivity index (χ3v) is 2.39. The lowest BCUT2D eigenvalue weighted by Crippen LogP contribution is -2.00. The zero-order chi connectivity index (χ0) is 12.1. The van der Waals surface area contributed by atoms with E-state index in [2.05, 4.69) is 0 Å². The van der Waals surface area contributed by atoms with E-state index in [0.29, 0.717) is 17.4 Å². The van der Waals surface area contributed by atoms with Crippen LogP contribution in [0.15, 0.2) is 29.8 Å². The second-order valence-corrected chi connectivity index (χ2v) is 4.39. The Morgan fingerprint density at radius 3 is 2.75 bits per heavy atom. The van der Waals surface area contributed by atoms with Crippen molar-refractivity contribution in [3.05, 3.63) is 40.4 Å². The highest BCUT2D eigenvalue weighted by atomic mass is 35.5. The van der Waals surface area contributed by atoms with Crippen LogP contribution in [0.3, 0.4) is 0 Å². The van der Waals surface area contributed by atoms with E-state index in [1.54, 1.807) is 25.1 Å². The molecule has 0 radical (unpaired) electrons. The SMILES string of the molecule is CC(C)=CCOc1ccc(Cl)cc1C(C)O. The van der Waals surface area contributed by atoms with Crippen LogP contribution >= 0.6 is 11.6 Å². The van der Waals surface area contributed by atoms with Crippen LogP contribution in [0.1, 0.15) is 32.4 Å². The molecule has 0 aromatic heterocycles. The predicted octanol–water partition coefficient (Wildman–Crippen LogP) is 3.74. The number of aliphatic hydroxyl groups excluding tert-OH is 1. The van der Waals surface area contributed by atoms with Crippen molar-refractivity contribution in [2.75, 3.05) is 6.61 Å². The Morgan fingerprint density at radius 1 is 1.50 bits per heavy atom. The normalized spacial score (nSPS) is 12.1. The van der Waals surface area contributed by atoms with E-state index in [4.69, 9.17) is 16.3 Å². The van der Waals surface area contributed by atoms with Crippen LogP contribution in [0.25, 0.3) is 0 Å². The largest absolute Gasteiger partial charge is 0.489 e. The second kappa shape index (κ2) is 5.92. The molecule has 88 valence electrons. The van der Waals surface area contributed by atoms with Crippen molar-refractivity contribution >= 4 is 11.6 Å². The summed E-state index contributed by atoms with van der Waals surface area (Å²) in [5.41, 5.74) is 1.92. The van der Waals surface area contributed by atoms with E-state index in [9.17, 15) is 5.11 Å². The Hall–Kier alpha value is -0.990. The molecule has 0 spiro atoms. The fourth-order valence-corrected chi connectivity index (χ4v) is 1.46. The maximum absolute atomic E-state index is 9.58. The molecule has 0 bridgehead atoms. The first kappa shape index (κ1) is 13.1. The first-order valence-electron chi connectivity index (χ1n) is 5.24. The number of aliphatic hydroxyl groups is 1. The van der Waals surface area contributed by atoms with Crippen molar-refractivity contribution in [1.82, 2.24) is 0 Å². The van der Waals surface area contributed by atoms with Gasteiger partial charge in [0.15, 0.2) is 0 Å². The fraction of sp³-hybridized carbons (Fsp3) is 0.385. The molecule has 1 rings (SSSR count). The molecule has 3 heteroatoms. The summed E-state index contributed by atoms with van der Waals surface area (Å²) in [7, 11) is 0. The highest BCUT2D eigenvalue weighted by molar-refractivity contribution is 6.30. The summed E-state index contributed by atoms with van der Waals surface area (Å²) in [6.45, 7) is 6.23. The Balaban J connectivity index is 2.82. The van der Waals surface area contributed by atoms with E-state index in [0.717, 1.165) is 5.56 Å². The third kappa shape index (κ3) is 3.87. The average Bonchev–Trinajstić information content (AvgIpc) is 2.19. The van der Waals surface area contributed by atoms with Gasteiger partial charge in [-0.15, -0.1) is 0 Å². The molecule has 0 saturated carbocycles. The minimum absolute atomic E-state index is 0.504. The van der Waals surface area contributed by atoms with Gasteiger partial charge in [-0.2, -0.15) is 0 Å². The van der Waals surface area contributed by atoms with Crippen molar-refractivity contribution in [2.45, 2.75) is 26.9 Å². The summed E-state index contributed by atoms with van der Waals surface area (Å²) < 4.78 is 5.57. The van der Waals surface area contributed by atoms with Gasteiger partial charge in [0.05, 0.1) is 6.10 Å². The molecule has 0 saturated heterocycles.